The van der Waals surface area contributed by atoms with Gasteiger partial charge in [-0.05, 0) is 18.9 Å². The first-order valence-electron chi connectivity index (χ1n) is 5.61. The molecule has 0 aliphatic rings. The van der Waals surface area contributed by atoms with E-state index in [0.717, 1.165) is 0 Å². The predicted octanol–water partition coefficient (Wildman–Crippen LogP) is 0.788. The molecule has 0 spiro atoms. The van der Waals surface area contributed by atoms with Crippen LogP contribution < -0.4 is 5.32 Å². The SMILES string of the molecule is CCC(O)CCNC(=O)c1cc(C#N)cn1C. The predicted molar refractivity (Wildman–Crippen MR) is 63.4 cm³/mol. The summed E-state index contributed by atoms with van der Waals surface area (Å²) in [4.78, 5) is 11.7. The number of aromatic nitrogens is 1. The molecule has 0 aromatic carbocycles. The Bertz CT molecular complexity index is 431. The zero-order valence-electron chi connectivity index (χ0n) is 10.1. The van der Waals surface area contributed by atoms with Crippen molar-refractivity contribution in [1.82, 2.24) is 9.88 Å². The van der Waals surface area contributed by atoms with Gasteiger partial charge in [0.1, 0.15) is 11.8 Å². The molecule has 1 aromatic heterocycles. The van der Waals surface area contributed by atoms with Crippen LogP contribution in [0.4, 0.5) is 0 Å². The second-order valence-electron chi connectivity index (χ2n) is 3.94. The van der Waals surface area contributed by atoms with Crippen LogP contribution in [0.15, 0.2) is 12.3 Å². The van der Waals surface area contributed by atoms with Gasteiger partial charge < -0.3 is 15.0 Å². The summed E-state index contributed by atoms with van der Waals surface area (Å²) in [5.74, 6) is -0.225. The molecule has 0 aliphatic carbocycles. The molecule has 17 heavy (non-hydrogen) atoms. The average molecular weight is 235 g/mol. The average Bonchev–Trinajstić information content (AvgIpc) is 2.70. The van der Waals surface area contributed by atoms with Crippen molar-refractivity contribution in [3.05, 3.63) is 23.5 Å². The molecular formula is C12H17N3O2. The Morgan fingerprint density at radius 2 is 2.41 bits per heavy atom. The molecule has 5 nitrogen and oxygen atoms in total. The van der Waals surface area contributed by atoms with E-state index in [2.05, 4.69) is 5.32 Å². The van der Waals surface area contributed by atoms with Gasteiger partial charge >= 0.3 is 0 Å². The molecule has 2 N–H and O–H groups in total. The number of nitriles is 1. The molecule has 0 saturated heterocycles. The van der Waals surface area contributed by atoms with Gasteiger partial charge in [0, 0.05) is 19.8 Å². The molecule has 5 heteroatoms. The van der Waals surface area contributed by atoms with Gasteiger partial charge in [0.05, 0.1) is 11.7 Å². The monoisotopic (exact) mass is 235 g/mol. The molecule has 1 rings (SSSR count). The summed E-state index contributed by atoms with van der Waals surface area (Å²) >= 11 is 0. The van der Waals surface area contributed by atoms with Gasteiger partial charge in [0.25, 0.3) is 5.91 Å². The fourth-order valence-corrected chi connectivity index (χ4v) is 1.50. The number of aliphatic hydroxyl groups is 1. The van der Waals surface area contributed by atoms with E-state index >= 15 is 0 Å². The molecule has 92 valence electrons. The lowest BCUT2D eigenvalue weighted by Crippen LogP contribution is -2.28. The van der Waals surface area contributed by atoms with E-state index in [1.807, 2.05) is 13.0 Å². The second kappa shape index (κ2) is 6.06. The summed E-state index contributed by atoms with van der Waals surface area (Å²) in [5, 5.41) is 20.8. The molecule has 0 aliphatic heterocycles. The lowest BCUT2D eigenvalue weighted by molar-refractivity contribution is 0.0934. The van der Waals surface area contributed by atoms with Crippen molar-refractivity contribution in [1.29, 1.82) is 5.26 Å². The van der Waals surface area contributed by atoms with E-state index in [4.69, 9.17) is 5.26 Å². The molecule has 0 radical (unpaired) electrons. The number of hydrogen-bond donors (Lipinski definition) is 2. The number of amides is 1. The van der Waals surface area contributed by atoms with E-state index in [-0.39, 0.29) is 12.0 Å². The third-order valence-electron chi connectivity index (χ3n) is 2.60. The summed E-state index contributed by atoms with van der Waals surface area (Å²) in [5.41, 5.74) is 0.916. The topological polar surface area (TPSA) is 78.1 Å². The highest BCUT2D eigenvalue weighted by molar-refractivity contribution is 5.93. The van der Waals surface area contributed by atoms with Crippen molar-refractivity contribution >= 4 is 5.91 Å². The van der Waals surface area contributed by atoms with Crippen molar-refractivity contribution in [2.75, 3.05) is 6.54 Å². The fourth-order valence-electron chi connectivity index (χ4n) is 1.50. The molecule has 0 saturated carbocycles. The first kappa shape index (κ1) is 13.3. The van der Waals surface area contributed by atoms with Gasteiger partial charge in [-0.3, -0.25) is 4.79 Å². The van der Waals surface area contributed by atoms with Gasteiger partial charge in [-0.1, -0.05) is 6.92 Å². The molecule has 1 aromatic rings. The van der Waals surface area contributed by atoms with Crippen LogP contribution in [0, 0.1) is 11.3 Å². The van der Waals surface area contributed by atoms with Crippen LogP contribution in [0.2, 0.25) is 0 Å². The lowest BCUT2D eigenvalue weighted by atomic mass is 10.2. The van der Waals surface area contributed by atoms with Gasteiger partial charge in [-0.15, -0.1) is 0 Å². The maximum absolute atomic E-state index is 11.7. The highest BCUT2D eigenvalue weighted by Crippen LogP contribution is 2.06. The van der Waals surface area contributed by atoms with Crippen molar-refractivity contribution in [2.24, 2.45) is 7.05 Å². The summed E-state index contributed by atoms with van der Waals surface area (Å²) in [6, 6.07) is 3.53. The Balaban J connectivity index is 2.53. The van der Waals surface area contributed by atoms with Crippen LogP contribution >= 0.6 is 0 Å². The first-order valence-corrected chi connectivity index (χ1v) is 5.61. The normalized spacial score (nSPS) is 11.9. The summed E-state index contributed by atoms with van der Waals surface area (Å²) in [6.45, 7) is 2.32. The van der Waals surface area contributed by atoms with Crippen LogP contribution in [0.3, 0.4) is 0 Å². The largest absolute Gasteiger partial charge is 0.393 e. The Morgan fingerprint density at radius 3 is 2.94 bits per heavy atom. The molecule has 1 amide bonds. The van der Waals surface area contributed by atoms with Gasteiger partial charge in [-0.25, -0.2) is 0 Å². The van der Waals surface area contributed by atoms with E-state index in [1.165, 1.54) is 0 Å². The fraction of sp³-hybridized carbons (Fsp3) is 0.500. The third-order valence-corrected chi connectivity index (χ3v) is 2.60. The standard InChI is InChI=1S/C12H17N3O2/c1-3-10(16)4-5-14-12(17)11-6-9(7-13)8-15(11)2/h6,8,10,16H,3-5H2,1-2H3,(H,14,17). The van der Waals surface area contributed by atoms with Crippen molar-refractivity contribution in [2.45, 2.75) is 25.9 Å². The summed E-state index contributed by atoms with van der Waals surface area (Å²) < 4.78 is 1.62. The van der Waals surface area contributed by atoms with Crippen molar-refractivity contribution in [3.8, 4) is 6.07 Å². The highest BCUT2D eigenvalue weighted by atomic mass is 16.3. The zero-order chi connectivity index (χ0) is 12.8. The molecular weight excluding hydrogens is 218 g/mol. The first-order chi connectivity index (χ1) is 8.08. The molecule has 0 bridgehead atoms. The van der Waals surface area contributed by atoms with Gasteiger partial charge in [-0.2, -0.15) is 5.26 Å². The van der Waals surface area contributed by atoms with Gasteiger partial charge in [0.2, 0.25) is 0 Å². The molecule has 1 atom stereocenters. The molecule has 1 heterocycles. The minimum absolute atomic E-state index is 0.225. The van der Waals surface area contributed by atoms with Crippen LogP contribution in [0.5, 0.6) is 0 Å². The second-order valence-corrected chi connectivity index (χ2v) is 3.94. The number of carbonyl (C=O) groups is 1. The minimum atomic E-state index is -0.376. The van der Waals surface area contributed by atoms with Gasteiger partial charge in [0.15, 0.2) is 0 Å². The lowest BCUT2D eigenvalue weighted by Gasteiger charge is -2.09. The molecule has 1 unspecified atom stereocenters. The number of carbonyl (C=O) groups excluding carboxylic acids is 1. The van der Waals surface area contributed by atoms with Crippen molar-refractivity contribution in [3.63, 3.8) is 0 Å². The number of rotatable bonds is 5. The summed E-state index contributed by atoms with van der Waals surface area (Å²) in [6.07, 6.45) is 2.45. The quantitative estimate of drug-likeness (QED) is 0.792. The minimum Gasteiger partial charge on any atom is -0.393 e. The number of nitrogens with zero attached hydrogens (tertiary/aromatic N) is 2. The van der Waals surface area contributed by atoms with Crippen LogP contribution in [-0.4, -0.2) is 28.2 Å². The summed E-state index contributed by atoms with van der Waals surface area (Å²) in [7, 11) is 1.72. The number of aliphatic hydroxyl groups excluding tert-OH is 1. The van der Waals surface area contributed by atoms with Crippen LogP contribution in [0.25, 0.3) is 0 Å². The maximum atomic E-state index is 11.7. The van der Waals surface area contributed by atoms with E-state index in [1.54, 1.807) is 23.9 Å². The Hall–Kier alpha value is -1.80. The van der Waals surface area contributed by atoms with E-state index < -0.39 is 0 Å². The van der Waals surface area contributed by atoms with E-state index in [9.17, 15) is 9.90 Å². The Labute approximate surface area is 101 Å². The third kappa shape index (κ3) is 3.61. The number of hydrogen-bond acceptors (Lipinski definition) is 3. The smallest absolute Gasteiger partial charge is 0.267 e. The number of aryl methyl sites for hydroxylation is 1. The van der Waals surface area contributed by atoms with Crippen molar-refractivity contribution < 1.29 is 9.90 Å². The zero-order valence-corrected chi connectivity index (χ0v) is 10.1. The van der Waals surface area contributed by atoms with Crippen LogP contribution in [-0.2, 0) is 7.05 Å². The highest BCUT2D eigenvalue weighted by Gasteiger charge is 2.11. The maximum Gasteiger partial charge on any atom is 0.267 e. The van der Waals surface area contributed by atoms with Crippen LogP contribution in [0.1, 0.15) is 35.8 Å². The Morgan fingerprint density at radius 1 is 1.71 bits per heavy atom. The molecule has 0 fully saturated rings. The number of nitrogens with one attached hydrogen (secondary N) is 1. The van der Waals surface area contributed by atoms with E-state index in [0.29, 0.717) is 30.6 Å². The Kier molecular flexibility index (Phi) is 4.73.